The van der Waals surface area contributed by atoms with E-state index >= 15 is 8.78 Å². The van der Waals surface area contributed by atoms with Crippen molar-refractivity contribution in [2.24, 2.45) is 0 Å². The van der Waals surface area contributed by atoms with E-state index in [1.54, 1.807) is 13.2 Å². The molecule has 44 heavy (non-hydrogen) atoms. The first kappa shape index (κ1) is 31.6. The summed E-state index contributed by atoms with van der Waals surface area (Å²) in [6.07, 6.45) is 8.23. The Balaban J connectivity index is 1.86. The number of ether oxygens (including phenoxy) is 2. The molecule has 1 aliphatic rings. The van der Waals surface area contributed by atoms with Crippen molar-refractivity contribution in [3.63, 3.8) is 0 Å². The fraction of sp³-hybridized carbons (Fsp3) is 0.359. The first-order chi connectivity index (χ1) is 21.2. The maximum atomic E-state index is 17.3. The third kappa shape index (κ3) is 5.70. The molecule has 0 saturated carbocycles. The number of unbranched alkanes of at least 4 members (excludes halogenated alkanes) is 1. The number of aromatic nitrogens is 1. The maximum Gasteiger partial charge on any atom is 0.376 e. The predicted molar refractivity (Wildman–Crippen MR) is 176 cm³/mol. The predicted octanol–water partition coefficient (Wildman–Crippen LogP) is 10.2. The Morgan fingerprint density at radius 1 is 0.977 bits per heavy atom. The van der Waals surface area contributed by atoms with Gasteiger partial charge in [0, 0.05) is 35.6 Å². The highest BCUT2D eigenvalue weighted by Crippen LogP contribution is 2.47. The van der Waals surface area contributed by atoms with E-state index in [1.807, 2.05) is 79.9 Å². The highest BCUT2D eigenvalue weighted by Gasteiger charge is 2.43. The normalized spacial score (nSPS) is 14.9. The number of hydrogen-bond donors (Lipinski definition) is 0. The minimum Gasteiger partial charge on any atom is -0.410 e. The Morgan fingerprint density at radius 3 is 2.34 bits per heavy atom. The van der Waals surface area contributed by atoms with Crippen LogP contribution in [-0.2, 0) is 21.3 Å². The SMILES string of the molecule is CCCCc1ccc(-c2c(F)cc3c(c2F)-c2c(C)cc4ccccc4[n+]2C(OC(C)=CC(C)OC)=CC3(CC)CC)cc1. The average Bonchev–Trinajstić information content (AvgIpc) is 3.14. The Kier molecular flexibility index (Phi) is 9.36. The lowest BCUT2D eigenvalue weighted by Gasteiger charge is -2.29. The molecule has 5 heteroatoms. The number of fused-ring (bicyclic) bond motifs is 5. The Morgan fingerprint density at radius 2 is 1.68 bits per heavy atom. The van der Waals surface area contributed by atoms with Crippen LogP contribution >= 0.6 is 0 Å². The van der Waals surface area contributed by atoms with Crippen LogP contribution in [0.3, 0.4) is 0 Å². The minimum absolute atomic E-state index is 0.000343. The molecule has 0 amide bonds. The van der Waals surface area contributed by atoms with E-state index in [0.29, 0.717) is 46.9 Å². The number of para-hydroxylation sites is 1. The third-order valence-corrected chi connectivity index (χ3v) is 9.19. The highest BCUT2D eigenvalue weighted by atomic mass is 19.1. The molecule has 0 fully saturated rings. The Labute approximate surface area is 260 Å². The molecule has 0 N–H and O–H groups in total. The van der Waals surface area contributed by atoms with Gasteiger partial charge in [0.25, 0.3) is 0 Å². The van der Waals surface area contributed by atoms with E-state index in [0.717, 1.165) is 35.7 Å². The van der Waals surface area contributed by atoms with E-state index < -0.39 is 17.0 Å². The van der Waals surface area contributed by atoms with E-state index in [2.05, 4.69) is 32.9 Å². The molecule has 0 aliphatic carbocycles. The zero-order valence-electron chi connectivity index (χ0n) is 27.1. The summed E-state index contributed by atoms with van der Waals surface area (Å²) in [5.74, 6) is 0.131. The standard InChI is InChI=1S/C39H44F2NO2/c1-8-11-14-28-17-19-29(20-18-28)35-32(40)23-31-36(37(35)41)38-25(4)21-30-15-12-13-16-33(30)42(38)34(24-39(31,9-2)10-3)44-27(6)22-26(5)43-7/h12-13,15-24,26H,8-11,14H2,1-7H3/q+1. The smallest absolute Gasteiger partial charge is 0.376 e. The van der Waals surface area contributed by atoms with Crippen molar-refractivity contribution in [3.8, 4) is 22.4 Å². The van der Waals surface area contributed by atoms with Gasteiger partial charge in [-0.25, -0.2) is 8.78 Å². The number of nitrogens with zero attached hydrogens (tertiary/aromatic N) is 1. The van der Waals surface area contributed by atoms with Crippen molar-refractivity contribution >= 4 is 16.8 Å². The fourth-order valence-corrected chi connectivity index (χ4v) is 6.56. The summed E-state index contributed by atoms with van der Waals surface area (Å²) in [6.45, 7) is 12.1. The zero-order valence-corrected chi connectivity index (χ0v) is 27.1. The molecule has 0 bridgehead atoms. The quantitative estimate of drug-likeness (QED) is 0.134. The van der Waals surface area contributed by atoms with E-state index in [1.165, 1.54) is 5.56 Å². The topological polar surface area (TPSA) is 22.3 Å². The molecule has 1 aromatic heterocycles. The maximum absolute atomic E-state index is 17.3. The van der Waals surface area contributed by atoms with Crippen molar-refractivity contribution in [2.75, 3.05) is 7.11 Å². The van der Waals surface area contributed by atoms with Crippen molar-refractivity contribution in [1.29, 1.82) is 0 Å². The lowest BCUT2D eigenvalue weighted by atomic mass is 9.72. The number of aryl methyl sites for hydroxylation is 2. The van der Waals surface area contributed by atoms with Gasteiger partial charge in [-0.15, -0.1) is 4.57 Å². The summed E-state index contributed by atoms with van der Waals surface area (Å²) >= 11 is 0. The van der Waals surface area contributed by atoms with E-state index in [-0.39, 0.29) is 11.7 Å². The zero-order chi connectivity index (χ0) is 31.6. The average molecular weight is 597 g/mol. The molecule has 5 rings (SSSR count). The molecule has 0 radical (unpaired) electrons. The van der Waals surface area contributed by atoms with Gasteiger partial charge in [0.15, 0.2) is 0 Å². The van der Waals surface area contributed by atoms with Crippen LogP contribution in [0.25, 0.3) is 39.2 Å². The lowest BCUT2D eigenvalue weighted by Crippen LogP contribution is -2.38. The van der Waals surface area contributed by atoms with Gasteiger partial charge < -0.3 is 9.47 Å². The van der Waals surface area contributed by atoms with Crippen molar-refractivity contribution in [2.45, 2.75) is 85.2 Å². The number of pyridine rings is 1. The van der Waals surface area contributed by atoms with Gasteiger partial charge >= 0.3 is 5.88 Å². The van der Waals surface area contributed by atoms with E-state index in [9.17, 15) is 0 Å². The second-order valence-corrected chi connectivity index (χ2v) is 12.0. The van der Waals surface area contributed by atoms with Crippen LogP contribution in [0.15, 0.2) is 78.6 Å². The first-order valence-electron chi connectivity index (χ1n) is 15.9. The molecule has 3 aromatic carbocycles. The van der Waals surface area contributed by atoms with Crippen LogP contribution in [-0.4, -0.2) is 13.2 Å². The number of hydrogen-bond acceptors (Lipinski definition) is 2. The Hall–Kier alpha value is -3.83. The number of allylic oxidation sites excluding steroid dienone is 2. The van der Waals surface area contributed by atoms with E-state index in [4.69, 9.17) is 9.47 Å². The largest absolute Gasteiger partial charge is 0.410 e. The summed E-state index contributed by atoms with van der Waals surface area (Å²) in [5, 5.41) is 1.00. The second kappa shape index (κ2) is 13.0. The summed E-state index contributed by atoms with van der Waals surface area (Å²) in [7, 11) is 1.66. The molecular weight excluding hydrogens is 552 g/mol. The number of rotatable bonds is 10. The highest BCUT2D eigenvalue weighted by molar-refractivity contribution is 5.84. The minimum atomic E-state index is -0.679. The number of halogens is 2. The van der Waals surface area contributed by atoms with Crippen LogP contribution in [0, 0.1) is 18.6 Å². The van der Waals surface area contributed by atoms with Gasteiger partial charge in [0.2, 0.25) is 11.2 Å². The molecule has 1 aliphatic heterocycles. The van der Waals surface area contributed by atoms with Crippen LogP contribution < -0.4 is 4.57 Å². The second-order valence-electron chi connectivity index (χ2n) is 12.0. The molecule has 4 aromatic rings. The first-order valence-corrected chi connectivity index (χ1v) is 15.9. The lowest BCUT2D eigenvalue weighted by molar-refractivity contribution is -0.560. The van der Waals surface area contributed by atoms with Crippen LogP contribution in [0.1, 0.15) is 77.0 Å². The molecule has 0 saturated heterocycles. The molecule has 0 spiro atoms. The fourth-order valence-electron chi connectivity index (χ4n) is 6.56. The number of methoxy groups -OCH3 is 1. The van der Waals surface area contributed by atoms with Gasteiger partial charge in [-0.3, -0.25) is 0 Å². The summed E-state index contributed by atoms with van der Waals surface area (Å²) in [4.78, 5) is 0. The molecule has 1 atom stereocenters. The molecule has 1 unspecified atom stereocenters. The van der Waals surface area contributed by atoms with Crippen molar-refractivity contribution in [3.05, 3.63) is 107 Å². The van der Waals surface area contributed by atoms with Gasteiger partial charge in [-0.2, -0.15) is 0 Å². The van der Waals surface area contributed by atoms with Gasteiger partial charge in [0.1, 0.15) is 17.4 Å². The monoisotopic (exact) mass is 596 g/mol. The summed E-state index contributed by atoms with van der Waals surface area (Å²) < 4.78 is 47.7. The van der Waals surface area contributed by atoms with Crippen LogP contribution in [0.5, 0.6) is 0 Å². The van der Waals surface area contributed by atoms with Gasteiger partial charge in [-0.05, 0) is 87.4 Å². The third-order valence-electron chi connectivity index (χ3n) is 9.19. The summed E-state index contributed by atoms with van der Waals surface area (Å²) in [6, 6.07) is 19.4. The molecule has 3 nitrogen and oxygen atoms in total. The Bertz CT molecular complexity index is 1730. The molecular formula is C39H44F2NO2+. The summed E-state index contributed by atoms with van der Waals surface area (Å²) in [5.41, 5.74) is 4.51. The van der Waals surface area contributed by atoms with Crippen molar-refractivity contribution < 1.29 is 22.8 Å². The van der Waals surface area contributed by atoms with Crippen LogP contribution in [0.2, 0.25) is 0 Å². The molecule has 230 valence electrons. The van der Waals surface area contributed by atoms with Gasteiger partial charge in [0.05, 0.1) is 17.2 Å². The van der Waals surface area contributed by atoms with Crippen LogP contribution in [0.4, 0.5) is 8.78 Å². The van der Waals surface area contributed by atoms with Crippen molar-refractivity contribution in [1.82, 2.24) is 0 Å². The molecule has 2 heterocycles. The van der Waals surface area contributed by atoms with Gasteiger partial charge in [-0.1, -0.05) is 63.6 Å². The number of benzene rings is 3.